The maximum atomic E-state index is 12.2. The van der Waals surface area contributed by atoms with Gasteiger partial charge in [-0.2, -0.15) is 0 Å². The molecule has 18 heavy (non-hydrogen) atoms. The van der Waals surface area contributed by atoms with Crippen molar-refractivity contribution in [3.63, 3.8) is 0 Å². The van der Waals surface area contributed by atoms with Crippen molar-refractivity contribution in [3.05, 3.63) is 0 Å². The summed E-state index contributed by atoms with van der Waals surface area (Å²) < 4.78 is 0. The molecule has 3 unspecified atom stereocenters. The molecular weight excluding hydrogens is 230 g/mol. The molecule has 0 aromatic rings. The lowest BCUT2D eigenvalue weighted by Gasteiger charge is -2.35. The normalized spacial score (nSPS) is 36.2. The van der Waals surface area contributed by atoms with E-state index in [1.807, 2.05) is 0 Å². The van der Waals surface area contributed by atoms with Gasteiger partial charge in [-0.15, -0.1) is 0 Å². The Labute approximate surface area is 108 Å². The highest BCUT2D eigenvalue weighted by Crippen LogP contribution is 2.30. The fraction of sp³-hybridized carbons (Fsp3) is 0.846. The highest BCUT2D eigenvalue weighted by molar-refractivity contribution is 5.86. The van der Waals surface area contributed by atoms with Crippen molar-refractivity contribution in [2.45, 2.75) is 57.0 Å². The molecule has 2 rings (SSSR count). The van der Waals surface area contributed by atoms with Crippen molar-refractivity contribution in [1.29, 1.82) is 0 Å². The second-order valence-corrected chi connectivity index (χ2v) is 5.87. The van der Waals surface area contributed by atoms with Crippen LogP contribution in [-0.2, 0) is 9.59 Å². The summed E-state index contributed by atoms with van der Waals surface area (Å²) in [6.07, 6.45) is 5.06. The van der Waals surface area contributed by atoms with Crippen LogP contribution in [0.2, 0.25) is 0 Å². The number of carbonyl (C=O) groups is 2. The van der Waals surface area contributed by atoms with Gasteiger partial charge in [-0.25, -0.2) is 0 Å². The molecule has 2 fully saturated rings. The van der Waals surface area contributed by atoms with E-state index < -0.39 is 5.54 Å². The van der Waals surface area contributed by atoms with Crippen molar-refractivity contribution in [3.8, 4) is 0 Å². The first-order valence-electron chi connectivity index (χ1n) is 6.86. The lowest BCUT2D eigenvalue weighted by Crippen LogP contribution is -2.57. The molecule has 4 N–H and O–H groups in total. The van der Waals surface area contributed by atoms with Crippen LogP contribution in [0.1, 0.15) is 45.4 Å². The number of nitrogens with two attached hydrogens (primary N) is 1. The SMILES string of the molecule is CC1CCCC(N)(C(=O)NCC2CCC(=O)N2)C1. The minimum absolute atomic E-state index is 0.0600. The first-order valence-corrected chi connectivity index (χ1v) is 6.86. The quantitative estimate of drug-likeness (QED) is 0.676. The van der Waals surface area contributed by atoms with E-state index in [1.165, 1.54) is 0 Å². The van der Waals surface area contributed by atoms with Gasteiger partial charge in [-0.3, -0.25) is 9.59 Å². The van der Waals surface area contributed by atoms with E-state index in [0.29, 0.717) is 18.9 Å². The smallest absolute Gasteiger partial charge is 0.240 e. The Hall–Kier alpha value is -1.10. The van der Waals surface area contributed by atoms with Crippen molar-refractivity contribution < 1.29 is 9.59 Å². The summed E-state index contributed by atoms with van der Waals surface area (Å²) in [4.78, 5) is 23.2. The Morgan fingerprint density at radius 3 is 2.94 bits per heavy atom. The van der Waals surface area contributed by atoms with Gasteiger partial charge >= 0.3 is 0 Å². The zero-order chi connectivity index (χ0) is 13.2. The van der Waals surface area contributed by atoms with Gasteiger partial charge in [-0.05, 0) is 25.2 Å². The summed E-state index contributed by atoms with van der Waals surface area (Å²) in [5.74, 6) is 0.527. The number of nitrogens with one attached hydrogen (secondary N) is 2. The molecule has 1 aliphatic heterocycles. The van der Waals surface area contributed by atoms with Gasteiger partial charge in [-0.1, -0.05) is 19.8 Å². The van der Waals surface area contributed by atoms with Crippen LogP contribution in [0.15, 0.2) is 0 Å². The van der Waals surface area contributed by atoms with Crippen LogP contribution in [0, 0.1) is 5.92 Å². The van der Waals surface area contributed by atoms with Crippen molar-refractivity contribution in [2.24, 2.45) is 11.7 Å². The molecule has 0 radical (unpaired) electrons. The molecule has 2 amide bonds. The lowest BCUT2D eigenvalue weighted by molar-refractivity contribution is -0.128. The molecule has 2 aliphatic rings. The molecule has 1 saturated carbocycles. The van der Waals surface area contributed by atoms with Gasteiger partial charge in [0, 0.05) is 19.0 Å². The maximum Gasteiger partial charge on any atom is 0.240 e. The molecule has 5 heteroatoms. The van der Waals surface area contributed by atoms with Gasteiger partial charge in [0.25, 0.3) is 0 Å². The van der Waals surface area contributed by atoms with Crippen LogP contribution >= 0.6 is 0 Å². The van der Waals surface area contributed by atoms with Crippen LogP contribution in [0.5, 0.6) is 0 Å². The zero-order valence-corrected chi connectivity index (χ0v) is 11.0. The Bertz CT molecular complexity index is 345. The first kappa shape index (κ1) is 13.3. The molecule has 0 aromatic heterocycles. The maximum absolute atomic E-state index is 12.2. The minimum atomic E-state index is -0.708. The van der Waals surface area contributed by atoms with E-state index in [-0.39, 0.29) is 17.9 Å². The Kier molecular flexibility index (Phi) is 3.90. The number of rotatable bonds is 3. The zero-order valence-electron chi connectivity index (χ0n) is 11.0. The number of carbonyl (C=O) groups excluding carboxylic acids is 2. The summed E-state index contributed by atoms with van der Waals surface area (Å²) in [6, 6.07) is 0.0751. The van der Waals surface area contributed by atoms with E-state index in [0.717, 1.165) is 32.1 Å². The second-order valence-electron chi connectivity index (χ2n) is 5.87. The Balaban J connectivity index is 1.81. The fourth-order valence-electron chi connectivity index (χ4n) is 3.02. The molecule has 3 atom stereocenters. The standard InChI is InChI=1S/C13H23N3O2/c1-9-3-2-6-13(14,7-9)12(18)15-8-10-4-5-11(17)16-10/h9-10H,2-8,14H2,1H3,(H,15,18)(H,16,17). The van der Waals surface area contributed by atoms with Crippen LogP contribution in [0.3, 0.4) is 0 Å². The average Bonchev–Trinajstić information content (AvgIpc) is 2.71. The third-order valence-corrected chi connectivity index (χ3v) is 4.08. The third-order valence-electron chi connectivity index (χ3n) is 4.08. The molecule has 0 bridgehead atoms. The van der Waals surface area contributed by atoms with Crippen LogP contribution in [0.4, 0.5) is 0 Å². The van der Waals surface area contributed by atoms with Gasteiger partial charge in [0.15, 0.2) is 0 Å². The highest BCUT2D eigenvalue weighted by Gasteiger charge is 2.38. The fourth-order valence-corrected chi connectivity index (χ4v) is 3.02. The molecular formula is C13H23N3O2. The average molecular weight is 253 g/mol. The topological polar surface area (TPSA) is 84.2 Å². The lowest BCUT2D eigenvalue weighted by atomic mass is 9.76. The van der Waals surface area contributed by atoms with Crippen molar-refractivity contribution >= 4 is 11.8 Å². The van der Waals surface area contributed by atoms with Gasteiger partial charge in [0.05, 0.1) is 5.54 Å². The molecule has 5 nitrogen and oxygen atoms in total. The highest BCUT2D eigenvalue weighted by atomic mass is 16.2. The van der Waals surface area contributed by atoms with E-state index in [4.69, 9.17) is 5.73 Å². The monoisotopic (exact) mass is 253 g/mol. The second kappa shape index (κ2) is 5.26. The molecule has 0 spiro atoms. The van der Waals surface area contributed by atoms with Gasteiger partial charge < -0.3 is 16.4 Å². The van der Waals surface area contributed by atoms with Crippen LogP contribution < -0.4 is 16.4 Å². The van der Waals surface area contributed by atoms with Crippen LogP contribution in [-0.4, -0.2) is 29.9 Å². The molecule has 1 saturated heterocycles. The minimum Gasteiger partial charge on any atom is -0.352 e. The first-order chi connectivity index (χ1) is 8.49. The largest absolute Gasteiger partial charge is 0.352 e. The summed E-state index contributed by atoms with van der Waals surface area (Å²) in [5.41, 5.74) is 5.50. The van der Waals surface area contributed by atoms with E-state index >= 15 is 0 Å². The summed E-state index contributed by atoms with van der Waals surface area (Å²) in [5, 5.41) is 5.74. The molecule has 1 aliphatic carbocycles. The summed E-state index contributed by atoms with van der Waals surface area (Å²) >= 11 is 0. The molecule has 1 heterocycles. The summed E-state index contributed by atoms with van der Waals surface area (Å²) in [6.45, 7) is 2.64. The Morgan fingerprint density at radius 2 is 2.33 bits per heavy atom. The third kappa shape index (κ3) is 3.02. The molecule has 0 aromatic carbocycles. The van der Waals surface area contributed by atoms with Crippen LogP contribution in [0.25, 0.3) is 0 Å². The molecule has 102 valence electrons. The van der Waals surface area contributed by atoms with Crippen molar-refractivity contribution in [2.75, 3.05) is 6.54 Å². The predicted molar refractivity (Wildman–Crippen MR) is 68.7 cm³/mol. The number of hydrogen-bond acceptors (Lipinski definition) is 3. The summed E-state index contributed by atoms with van der Waals surface area (Å²) in [7, 11) is 0. The van der Waals surface area contributed by atoms with Crippen molar-refractivity contribution in [1.82, 2.24) is 10.6 Å². The van der Waals surface area contributed by atoms with Gasteiger partial charge in [0.2, 0.25) is 11.8 Å². The van der Waals surface area contributed by atoms with E-state index in [2.05, 4.69) is 17.6 Å². The predicted octanol–water partition coefficient (Wildman–Crippen LogP) is 0.289. The number of amides is 2. The van der Waals surface area contributed by atoms with E-state index in [1.54, 1.807) is 0 Å². The van der Waals surface area contributed by atoms with Gasteiger partial charge in [0.1, 0.15) is 0 Å². The number of hydrogen-bond donors (Lipinski definition) is 3. The van der Waals surface area contributed by atoms with E-state index in [9.17, 15) is 9.59 Å². The Morgan fingerprint density at radius 1 is 1.56 bits per heavy atom.